The van der Waals surface area contributed by atoms with E-state index in [1.165, 1.54) is 11.1 Å². The molecule has 0 radical (unpaired) electrons. The molecule has 3 nitrogen and oxygen atoms in total. The zero-order valence-electron chi connectivity index (χ0n) is 12.2. The van der Waals surface area contributed by atoms with Crippen LogP contribution in [0.15, 0.2) is 23.1 Å². The lowest BCUT2D eigenvalue weighted by atomic mass is 10.1. The van der Waals surface area contributed by atoms with Crippen LogP contribution in [0.5, 0.6) is 0 Å². The first kappa shape index (κ1) is 16.5. The number of nitrogens with one attached hydrogen (secondary N) is 1. The summed E-state index contributed by atoms with van der Waals surface area (Å²) in [4.78, 5) is 1.13. The molecule has 3 N–H and O–H groups in total. The number of aliphatic hydroxyl groups excluding tert-OH is 2. The average molecular weight is 283 g/mol. The molecule has 0 amide bonds. The number of hydrogen-bond donors (Lipinski definition) is 3. The van der Waals surface area contributed by atoms with Gasteiger partial charge in [-0.1, -0.05) is 6.07 Å². The smallest absolute Gasteiger partial charge is 0.0864 e. The van der Waals surface area contributed by atoms with Crippen molar-refractivity contribution in [3.63, 3.8) is 0 Å². The quantitative estimate of drug-likeness (QED) is 0.701. The maximum Gasteiger partial charge on any atom is 0.0864 e. The Hall–Kier alpha value is -0.550. The molecule has 0 aliphatic carbocycles. The Morgan fingerprint density at radius 3 is 2.53 bits per heavy atom. The standard InChI is InChI=1S/C15H25NO2S/c1-11-7-14(19-10-13(18)9-17)6-5-12(11)8-16-15(2,3)4/h5-7,13,16-18H,8-10H2,1-4H3. The van der Waals surface area contributed by atoms with Crippen LogP contribution in [0.3, 0.4) is 0 Å². The van der Waals surface area contributed by atoms with Crippen molar-refractivity contribution in [3.05, 3.63) is 29.3 Å². The first-order valence-corrected chi connectivity index (χ1v) is 7.56. The van der Waals surface area contributed by atoms with Crippen molar-refractivity contribution < 1.29 is 10.2 Å². The van der Waals surface area contributed by atoms with Gasteiger partial charge in [-0.25, -0.2) is 0 Å². The molecule has 1 aromatic rings. The molecule has 0 fully saturated rings. The van der Waals surface area contributed by atoms with E-state index in [1.807, 2.05) is 0 Å². The maximum atomic E-state index is 9.34. The van der Waals surface area contributed by atoms with E-state index in [-0.39, 0.29) is 12.1 Å². The van der Waals surface area contributed by atoms with Gasteiger partial charge in [0.25, 0.3) is 0 Å². The van der Waals surface area contributed by atoms with Crippen molar-refractivity contribution in [1.29, 1.82) is 0 Å². The summed E-state index contributed by atoms with van der Waals surface area (Å²) >= 11 is 1.57. The van der Waals surface area contributed by atoms with Crippen LogP contribution in [-0.4, -0.2) is 34.2 Å². The summed E-state index contributed by atoms with van der Waals surface area (Å²) in [5.41, 5.74) is 2.66. The highest BCUT2D eigenvalue weighted by Crippen LogP contribution is 2.22. The minimum atomic E-state index is -0.646. The number of hydrogen-bond acceptors (Lipinski definition) is 4. The zero-order chi connectivity index (χ0) is 14.5. The molecular formula is C15H25NO2S. The maximum absolute atomic E-state index is 9.34. The molecule has 1 rings (SSSR count). The average Bonchev–Trinajstić information content (AvgIpc) is 2.33. The molecule has 1 atom stereocenters. The highest BCUT2D eigenvalue weighted by molar-refractivity contribution is 7.99. The SMILES string of the molecule is Cc1cc(SCC(O)CO)ccc1CNC(C)(C)C. The number of aryl methyl sites for hydroxylation is 1. The lowest BCUT2D eigenvalue weighted by Crippen LogP contribution is -2.35. The molecular weight excluding hydrogens is 258 g/mol. The molecule has 0 aliphatic rings. The van der Waals surface area contributed by atoms with Crippen molar-refractivity contribution in [2.75, 3.05) is 12.4 Å². The van der Waals surface area contributed by atoms with Crippen LogP contribution in [0.4, 0.5) is 0 Å². The molecule has 19 heavy (non-hydrogen) atoms. The van der Waals surface area contributed by atoms with Gasteiger partial charge in [0.05, 0.1) is 12.7 Å². The number of rotatable bonds is 6. The highest BCUT2D eigenvalue weighted by Gasteiger charge is 2.10. The van der Waals surface area contributed by atoms with Gasteiger partial charge in [0.15, 0.2) is 0 Å². The molecule has 1 unspecified atom stereocenters. The molecule has 0 bridgehead atoms. The van der Waals surface area contributed by atoms with Crippen LogP contribution in [0.1, 0.15) is 31.9 Å². The molecule has 0 heterocycles. The zero-order valence-corrected chi connectivity index (χ0v) is 13.0. The Kier molecular flexibility index (Phi) is 6.33. The van der Waals surface area contributed by atoms with Gasteiger partial charge in [-0.15, -0.1) is 11.8 Å². The molecule has 0 aromatic heterocycles. The summed E-state index contributed by atoms with van der Waals surface area (Å²) in [5.74, 6) is 0.523. The summed E-state index contributed by atoms with van der Waals surface area (Å²) in [6, 6.07) is 6.33. The fourth-order valence-electron chi connectivity index (χ4n) is 1.56. The Morgan fingerprint density at radius 1 is 1.32 bits per heavy atom. The van der Waals surface area contributed by atoms with E-state index in [9.17, 15) is 5.11 Å². The fraction of sp³-hybridized carbons (Fsp3) is 0.600. The second kappa shape index (κ2) is 7.29. The Bertz CT molecular complexity index is 402. The number of benzene rings is 1. The second-order valence-electron chi connectivity index (χ2n) is 5.84. The summed E-state index contributed by atoms with van der Waals surface area (Å²) in [6.07, 6.45) is -0.646. The number of aliphatic hydroxyl groups is 2. The minimum Gasteiger partial charge on any atom is -0.394 e. The molecule has 1 aromatic carbocycles. The third kappa shape index (κ3) is 6.43. The predicted octanol–water partition coefficient (Wildman–Crippen LogP) is 2.33. The van der Waals surface area contributed by atoms with Crippen LogP contribution in [0.2, 0.25) is 0 Å². The largest absolute Gasteiger partial charge is 0.394 e. The van der Waals surface area contributed by atoms with E-state index in [2.05, 4.69) is 51.2 Å². The van der Waals surface area contributed by atoms with Crippen molar-refractivity contribution in [2.24, 2.45) is 0 Å². The van der Waals surface area contributed by atoms with Crippen molar-refractivity contribution in [3.8, 4) is 0 Å². The van der Waals surface area contributed by atoms with Gasteiger partial charge >= 0.3 is 0 Å². The van der Waals surface area contributed by atoms with Crippen LogP contribution < -0.4 is 5.32 Å². The fourth-order valence-corrected chi connectivity index (χ4v) is 2.48. The topological polar surface area (TPSA) is 52.5 Å². The van der Waals surface area contributed by atoms with Gasteiger partial charge in [-0.2, -0.15) is 0 Å². The Balaban J connectivity index is 2.59. The highest BCUT2D eigenvalue weighted by atomic mass is 32.2. The summed E-state index contributed by atoms with van der Waals surface area (Å²) in [7, 11) is 0. The monoisotopic (exact) mass is 283 g/mol. The molecule has 4 heteroatoms. The second-order valence-corrected chi connectivity index (χ2v) is 6.93. The third-order valence-electron chi connectivity index (χ3n) is 2.78. The van der Waals surface area contributed by atoms with Crippen molar-refractivity contribution in [2.45, 2.75) is 50.8 Å². The van der Waals surface area contributed by atoms with E-state index < -0.39 is 6.10 Å². The third-order valence-corrected chi connectivity index (χ3v) is 3.92. The van der Waals surface area contributed by atoms with E-state index in [4.69, 9.17) is 5.11 Å². The van der Waals surface area contributed by atoms with E-state index in [1.54, 1.807) is 11.8 Å². The summed E-state index contributed by atoms with van der Waals surface area (Å²) in [5, 5.41) is 21.6. The summed E-state index contributed by atoms with van der Waals surface area (Å²) < 4.78 is 0. The van der Waals surface area contributed by atoms with Gasteiger partial charge in [0.2, 0.25) is 0 Å². The van der Waals surface area contributed by atoms with Crippen LogP contribution in [0, 0.1) is 6.92 Å². The molecule has 0 aliphatic heterocycles. The number of thioether (sulfide) groups is 1. The van der Waals surface area contributed by atoms with Gasteiger partial charge in [-0.3, -0.25) is 0 Å². The molecule has 0 saturated heterocycles. The lowest BCUT2D eigenvalue weighted by Gasteiger charge is -2.21. The van der Waals surface area contributed by atoms with Gasteiger partial charge in [0, 0.05) is 22.7 Å². The lowest BCUT2D eigenvalue weighted by molar-refractivity contribution is 0.113. The minimum absolute atomic E-state index is 0.116. The van der Waals surface area contributed by atoms with Gasteiger partial charge in [0.1, 0.15) is 0 Å². The van der Waals surface area contributed by atoms with E-state index in [0.29, 0.717) is 5.75 Å². The first-order chi connectivity index (χ1) is 8.81. The first-order valence-electron chi connectivity index (χ1n) is 6.58. The molecule has 0 saturated carbocycles. The predicted molar refractivity (Wildman–Crippen MR) is 81.6 cm³/mol. The van der Waals surface area contributed by atoms with Crippen LogP contribution in [0.25, 0.3) is 0 Å². The van der Waals surface area contributed by atoms with Crippen LogP contribution >= 0.6 is 11.8 Å². The van der Waals surface area contributed by atoms with Crippen molar-refractivity contribution >= 4 is 11.8 Å². The van der Waals surface area contributed by atoms with Gasteiger partial charge < -0.3 is 15.5 Å². The Labute approximate surface area is 120 Å². The van der Waals surface area contributed by atoms with Crippen LogP contribution in [-0.2, 0) is 6.54 Å². The molecule has 0 spiro atoms. The normalized spacial score (nSPS) is 13.6. The van der Waals surface area contributed by atoms with Crippen molar-refractivity contribution in [1.82, 2.24) is 5.32 Å². The van der Waals surface area contributed by atoms with E-state index in [0.717, 1.165) is 11.4 Å². The van der Waals surface area contributed by atoms with E-state index >= 15 is 0 Å². The van der Waals surface area contributed by atoms with Gasteiger partial charge in [-0.05, 0) is 51.0 Å². The summed E-state index contributed by atoms with van der Waals surface area (Å²) in [6.45, 7) is 9.25. The Morgan fingerprint density at radius 2 is 2.00 bits per heavy atom. The molecule has 108 valence electrons.